The molecule has 0 aromatic heterocycles. The Hall–Kier alpha value is -4.42. The summed E-state index contributed by atoms with van der Waals surface area (Å²) in [5.74, 6) is 0. The molecule has 0 saturated carbocycles. The van der Waals surface area contributed by atoms with E-state index in [1.807, 2.05) is 0 Å². The fourth-order valence-corrected chi connectivity index (χ4v) is 4.62. The monoisotopic (exact) mass is 448 g/mol. The Bertz CT molecular complexity index is 3150. The van der Waals surface area contributed by atoms with E-state index >= 15 is 0 Å². The first-order chi connectivity index (χ1) is 25.2. The molecule has 156 valence electrons. The molecule has 0 atom stereocenters. The smallest absolute Gasteiger partial charge is 0.0616 e. The molecule has 0 amide bonds. The van der Waals surface area contributed by atoms with Crippen LogP contribution in [0.1, 0.15) is 27.4 Å². The molecule has 8 aromatic carbocycles. The molecule has 0 nitrogen and oxygen atoms in total. The summed E-state index contributed by atoms with van der Waals surface area (Å²) in [5.41, 5.74) is -0.995. The zero-order chi connectivity index (χ0) is 39.6. The van der Waals surface area contributed by atoms with Crippen LogP contribution in [0, 0.1) is 0 Å². The first-order valence-corrected chi connectivity index (χ1v) is 10.2. The topological polar surface area (TPSA) is 0 Å². The van der Waals surface area contributed by atoms with Gasteiger partial charge in [0.15, 0.2) is 0 Å². The van der Waals surface area contributed by atoms with Gasteiger partial charge in [0.25, 0.3) is 0 Å². The summed E-state index contributed by atoms with van der Waals surface area (Å²) in [6.07, 6.45) is 0. The van der Waals surface area contributed by atoms with Gasteiger partial charge in [-0.1, -0.05) is 109 Å². The molecule has 34 heavy (non-hydrogen) atoms. The highest BCUT2D eigenvalue weighted by Gasteiger charge is 2.18. The summed E-state index contributed by atoms with van der Waals surface area (Å²) in [6, 6.07) is -14.9. The van der Waals surface area contributed by atoms with Crippen molar-refractivity contribution in [2.75, 3.05) is 0 Å². The minimum atomic E-state index is -0.827. The molecule has 0 aliphatic carbocycles. The van der Waals surface area contributed by atoms with Crippen LogP contribution >= 0.6 is 0 Å². The zero-order valence-corrected chi connectivity index (χ0v) is 17.0. The molecular weight excluding hydrogens is 408 g/mol. The van der Waals surface area contributed by atoms with Gasteiger partial charge in [-0.15, -0.1) is 0 Å². The number of fused-ring (bicyclic) bond motifs is 4. The highest BCUT2D eigenvalue weighted by atomic mass is 14.2. The molecule has 0 radical (unpaired) electrons. The Morgan fingerprint density at radius 3 is 1.79 bits per heavy atom. The van der Waals surface area contributed by atoms with E-state index in [9.17, 15) is 4.11 Å². The van der Waals surface area contributed by atoms with Gasteiger partial charge in [-0.2, -0.15) is 0 Å². The van der Waals surface area contributed by atoms with Crippen molar-refractivity contribution in [3.8, 4) is 11.1 Å². The van der Waals surface area contributed by atoms with Crippen molar-refractivity contribution in [3.63, 3.8) is 0 Å². The van der Waals surface area contributed by atoms with Crippen LogP contribution in [0.2, 0.25) is 0 Å². The van der Waals surface area contributed by atoms with Gasteiger partial charge in [-0.25, -0.2) is 0 Å². The highest BCUT2D eigenvalue weighted by molar-refractivity contribution is 6.30. The molecule has 0 heteroatoms. The largest absolute Gasteiger partial charge is 0.0636 e. The third kappa shape index (κ3) is 2.32. The van der Waals surface area contributed by atoms with E-state index in [1.165, 1.54) is 0 Å². The van der Waals surface area contributed by atoms with E-state index in [2.05, 4.69) is 0 Å². The van der Waals surface area contributed by atoms with E-state index < -0.39 is 175 Å². The third-order valence-corrected chi connectivity index (χ3v) is 6.00. The lowest BCUT2D eigenvalue weighted by atomic mass is 9.84. The molecule has 0 aliphatic rings. The maximum atomic E-state index is 9.74. The van der Waals surface area contributed by atoms with Crippen LogP contribution < -0.4 is 0 Å². The molecule has 0 N–H and O–H groups in total. The zero-order valence-electron chi connectivity index (χ0n) is 37.0. The molecule has 8 aromatic rings. The predicted molar refractivity (Wildman–Crippen MR) is 148 cm³/mol. The summed E-state index contributed by atoms with van der Waals surface area (Å²) in [6.45, 7) is 0. The molecule has 8 rings (SSSR count). The van der Waals surface area contributed by atoms with Gasteiger partial charge in [-0.3, -0.25) is 0 Å². The van der Waals surface area contributed by atoms with Crippen molar-refractivity contribution in [3.05, 3.63) is 121 Å². The van der Waals surface area contributed by atoms with Gasteiger partial charge in [-0.05, 0) is 87.8 Å². The Morgan fingerprint density at radius 1 is 0.353 bits per heavy atom. The van der Waals surface area contributed by atoms with Crippen LogP contribution in [-0.4, -0.2) is 0 Å². The number of hydrogen-bond acceptors (Lipinski definition) is 0. The van der Waals surface area contributed by atoms with E-state index in [0.717, 1.165) is 0 Å². The second kappa shape index (κ2) is 6.56. The summed E-state index contributed by atoms with van der Waals surface area (Å²) >= 11 is 0. The van der Waals surface area contributed by atoms with Crippen molar-refractivity contribution >= 4 is 64.6 Å². The van der Waals surface area contributed by atoms with Crippen LogP contribution in [0.5, 0.6) is 0 Å². The summed E-state index contributed by atoms with van der Waals surface area (Å²) in [7, 11) is 0. The molecular formula is C34H20. The van der Waals surface area contributed by atoms with Crippen LogP contribution in [-0.2, 0) is 0 Å². The van der Waals surface area contributed by atoms with Crippen molar-refractivity contribution in [1.29, 1.82) is 0 Å². The maximum absolute atomic E-state index is 9.74. The van der Waals surface area contributed by atoms with E-state index in [-0.39, 0.29) is 21.5 Å². The minimum Gasteiger partial charge on any atom is -0.0616 e. The Kier molecular flexibility index (Phi) is 1.46. The van der Waals surface area contributed by atoms with Crippen molar-refractivity contribution < 1.29 is 27.4 Å². The Labute approximate surface area is 225 Å². The molecule has 0 bridgehead atoms. The van der Waals surface area contributed by atoms with Gasteiger partial charge < -0.3 is 0 Å². The van der Waals surface area contributed by atoms with E-state index in [4.69, 9.17) is 23.3 Å². The molecule has 0 aliphatic heterocycles. The summed E-state index contributed by atoms with van der Waals surface area (Å²) in [5, 5.41) is -4.96. The standard InChI is InChI=1S/C34H20/c1-3-12-27-21(7-1)15-18-26-19-24-8-2-4-13-28(24)34(33(26)27)30-20-25-11-5-9-22-16-17-23-10-6-14-29(30)32(23)31(22)25/h1-20H/i1D,2D,3D,4D,5D,6D,7D,8D,9D,10D,11D,12D,13D,14D,15D,16D,17D,18D,19D,20D. The summed E-state index contributed by atoms with van der Waals surface area (Å²) < 4.78 is 178. The van der Waals surface area contributed by atoms with Gasteiger partial charge in [0, 0.05) is 0 Å². The first-order valence-electron chi connectivity index (χ1n) is 20.2. The average Bonchev–Trinajstić information content (AvgIpc) is 3.13. The molecule has 0 heterocycles. The van der Waals surface area contributed by atoms with E-state index in [1.54, 1.807) is 0 Å². The van der Waals surface area contributed by atoms with Crippen molar-refractivity contribution in [1.82, 2.24) is 0 Å². The average molecular weight is 449 g/mol. The lowest BCUT2D eigenvalue weighted by Crippen LogP contribution is -1.91. The van der Waals surface area contributed by atoms with E-state index in [0.29, 0.717) is 0 Å². The van der Waals surface area contributed by atoms with Gasteiger partial charge in [0.1, 0.15) is 0 Å². The molecule has 0 unspecified atom stereocenters. The summed E-state index contributed by atoms with van der Waals surface area (Å²) in [4.78, 5) is 0. The van der Waals surface area contributed by atoms with Gasteiger partial charge in [0.05, 0.1) is 27.4 Å². The second-order valence-electron chi connectivity index (χ2n) is 7.75. The van der Waals surface area contributed by atoms with Crippen LogP contribution in [0.3, 0.4) is 0 Å². The maximum Gasteiger partial charge on any atom is 0.0636 e. The highest BCUT2D eigenvalue weighted by Crippen LogP contribution is 2.46. The Balaban J connectivity index is 1.91. The van der Waals surface area contributed by atoms with Crippen molar-refractivity contribution in [2.24, 2.45) is 0 Å². The van der Waals surface area contributed by atoms with Gasteiger partial charge in [0.2, 0.25) is 0 Å². The quantitative estimate of drug-likeness (QED) is 0.173. The van der Waals surface area contributed by atoms with Gasteiger partial charge >= 0.3 is 0 Å². The van der Waals surface area contributed by atoms with Crippen LogP contribution in [0.4, 0.5) is 0 Å². The Morgan fingerprint density at radius 2 is 0.912 bits per heavy atom. The second-order valence-corrected chi connectivity index (χ2v) is 7.75. The molecule has 0 fully saturated rings. The fourth-order valence-electron chi connectivity index (χ4n) is 4.62. The third-order valence-electron chi connectivity index (χ3n) is 6.00. The molecule has 0 spiro atoms. The number of hydrogen-bond donors (Lipinski definition) is 0. The SMILES string of the molecule is [2H]c1c([2H])c([2H])c2c(-c3c([2H])c4c([2H])c([2H])c([2H])c5c([2H])c([2H])c6c([2H])c([2H])c([2H])c3c6c54)c3c(c([2H])c([2H])c4c([2H])c([2H])c([2H])c([2H])c43)c([2H])c2c1[2H]. The lowest BCUT2D eigenvalue weighted by Gasteiger charge is -2.19. The number of rotatable bonds is 1. The lowest BCUT2D eigenvalue weighted by molar-refractivity contribution is 1.73. The first kappa shape index (κ1) is 7.55. The normalized spacial score (nSPS) is 20.4. The predicted octanol–water partition coefficient (Wildman–Crippen LogP) is 9.71. The van der Waals surface area contributed by atoms with Crippen molar-refractivity contribution in [2.45, 2.75) is 0 Å². The number of benzene rings is 8. The van der Waals surface area contributed by atoms with Crippen LogP contribution in [0.15, 0.2) is 121 Å². The van der Waals surface area contributed by atoms with Crippen LogP contribution in [0.25, 0.3) is 75.8 Å². The molecule has 0 saturated heterocycles. The minimum absolute atomic E-state index is 0.211. The fraction of sp³-hybridized carbons (Fsp3) is 0.